The van der Waals surface area contributed by atoms with Gasteiger partial charge in [-0.05, 0) is 34.1 Å². The number of hydrogen-bond donors (Lipinski definition) is 2. The fourth-order valence-electron chi connectivity index (χ4n) is 1.74. The number of carboxylic acids is 1. The molecule has 0 aromatic carbocycles. The Hall–Kier alpha value is -1.15. The summed E-state index contributed by atoms with van der Waals surface area (Å²) in [6.45, 7) is 8.76. The second-order valence-electron chi connectivity index (χ2n) is 6.46. The summed E-state index contributed by atoms with van der Waals surface area (Å²) in [5, 5.41) is 8.97. The Balaban J connectivity index is 5.09. The fraction of sp³-hybridized carbons (Fsp3) is 0.867. The van der Waals surface area contributed by atoms with E-state index in [9.17, 15) is 14.2 Å². The highest BCUT2D eigenvalue weighted by Crippen LogP contribution is 2.47. The van der Waals surface area contributed by atoms with Crippen LogP contribution in [0.3, 0.4) is 0 Å². The molecule has 0 heterocycles. The van der Waals surface area contributed by atoms with Gasteiger partial charge < -0.3 is 29.5 Å². The smallest absolute Gasteiger partial charge is 0.410 e. The molecule has 0 aromatic rings. The zero-order chi connectivity index (χ0) is 19.7. The number of nitrogens with two attached hydrogens (primary N) is 1. The average molecular weight is 382 g/mol. The summed E-state index contributed by atoms with van der Waals surface area (Å²) >= 11 is 0. The van der Waals surface area contributed by atoms with Crippen molar-refractivity contribution in [2.24, 2.45) is 5.73 Å². The third kappa shape index (κ3) is 10.4. The minimum Gasteiger partial charge on any atom is -0.480 e. The Morgan fingerprint density at radius 2 is 1.84 bits per heavy atom. The zero-order valence-electron chi connectivity index (χ0n) is 15.7. The first-order chi connectivity index (χ1) is 11.4. The molecular formula is C15H31N2O7P. The van der Waals surface area contributed by atoms with E-state index in [1.165, 1.54) is 0 Å². The van der Waals surface area contributed by atoms with E-state index >= 15 is 0 Å². The highest BCUT2D eigenvalue weighted by molar-refractivity contribution is 7.53. The van der Waals surface area contributed by atoms with Gasteiger partial charge in [0.25, 0.3) is 0 Å². The van der Waals surface area contributed by atoms with Gasteiger partial charge in [-0.15, -0.1) is 0 Å². The SMILES string of the molecule is CCCOP(=O)(CCN(CC(N)C(=O)O)C(=O)OC(C)(C)C)OCC. The molecule has 0 radical (unpaired) electrons. The molecule has 0 bridgehead atoms. The van der Waals surface area contributed by atoms with Gasteiger partial charge in [-0.1, -0.05) is 6.92 Å². The number of rotatable bonds is 11. The molecule has 0 aliphatic carbocycles. The van der Waals surface area contributed by atoms with Crippen LogP contribution in [-0.4, -0.2) is 66.2 Å². The second-order valence-corrected chi connectivity index (χ2v) is 8.64. The van der Waals surface area contributed by atoms with Gasteiger partial charge in [0.15, 0.2) is 0 Å². The highest BCUT2D eigenvalue weighted by atomic mass is 31.2. The van der Waals surface area contributed by atoms with Crippen LogP contribution in [0.15, 0.2) is 0 Å². The highest BCUT2D eigenvalue weighted by Gasteiger charge is 2.30. The molecular weight excluding hydrogens is 351 g/mol. The van der Waals surface area contributed by atoms with Gasteiger partial charge in [0.1, 0.15) is 11.6 Å². The molecule has 0 fully saturated rings. The monoisotopic (exact) mass is 382 g/mol. The molecule has 25 heavy (non-hydrogen) atoms. The van der Waals surface area contributed by atoms with Crippen LogP contribution in [0.2, 0.25) is 0 Å². The largest absolute Gasteiger partial charge is 0.480 e. The van der Waals surface area contributed by atoms with Crippen molar-refractivity contribution in [3.8, 4) is 0 Å². The lowest BCUT2D eigenvalue weighted by Crippen LogP contribution is -2.47. The Labute approximate surface area is 149 Å². The van der Waals surface area contributed by atoms with E-state index in [0.717, 1.165) is 4.90 Å². The zero-order valence-corrected chi connectivity index (χ0v) is 16.6. The van der Waals surface area contributed by atoms with Gasteiger partial charge >= 0.3 is 19.7 Å². The predicted octanol–water partition coefficient (Wildman–Crippen LogP) is 2.29. The van der Waals surface area contributed by atoms with E-state index in [-0.39, 0.29) is 32.5 Å². The van der Waals surface area contributed by atoms with Crippen molar-refractivity contribution in [3.05, 3.63) is 0 Å². The third-order valence-electron chi connectivity index (χ3n) is 2.85. The third-order valence-corrected chi connectivity index (χ3v) is 4.82. The minimum absolute atomic E-state index is 0.0586. The molecule has 0 aromatic heterocycles. The van der Waals surface area contributed by atoms with Crippen LogP contribution in [0.4, 0.5) is 4.79 Å². The van der Waals surface area contributed by atoms with Crippen LogP contribution in [0.5, 0.6) is 0 Å². The van der Waals surface area contributed by atoms with Gasteiger partial charge in [-0.3, -0.25) is 9.36 Å². The van der Waals surface area contributed by atoms with Crippen molar-refractivity contribution >= 4 is 19.7 Å². The molecule has 0 saturated carbocycles. The topological polar surface area (TPSA) is 128 Å². The van der Waals surface area contributed by atoms with Crippen molar-refractivity contribution in [2.75, 3.05) is 32.5 Å². The Morgan fingerprint density at radius 3 is 2.28 bits per heavy atom. The number of nitrogens with zero attached hydrogens (tertiary/aromatic N) is 1. The molecule has 0 aliphatic heterocycles. The number of carbonyl (C=O) groups is 2. The summed E-state index contributed by atoms with van der Waals surface area (Å²) in [5.74, 6) is -1.25. The van der Waals surface area contributed by atoms with Gasteiger partial charge in [-0.25, -0.2) is 4.79 Å². The first-order valence-electron chi connectivity index (χ1n) is 8.28. The van der Waals surface area contributed by atoms with Gasteiger partial charge in [0, 0.05) is 13.1 Å². The van der Waals surface area contributed by atoms with E-state index in [1.807, 2.05) is 6.92 Å². The maximum atomic E-state index is 12.6. The summed E-state index contributed by atoms with van der Waals surface area (Å²) in [7, 11) is -3.39. The van der Waals surface area contributed by atoms with Gasteiger partial charge in [0.05, 0.1) is 19.4 Å². The number of hydrogen-bond acceptors (Lipinski definition) is 7. The molecule has 2 unspecified atom stereocenters. The number of ether oxygens (including phenoxy) is 1. The van der Waals surface area contributed by atoms with E-state index in [1.54, 1.807) is 27.7 Å². The number of carboxylic acid groups (broad SMARTS) is 1. The lowest BCUT2D eigenvalue weighted by atomic mass is 10.2. The van der Waals surface area contributed by atoms with Crippen LogP contribution in [0, 0.1) is 0 Å². The summed E-state index contributed by atoms with van der Waals surface area (Å²) in [6.07, 6.45) is -0.147. The van der Waals surface area contributed by atoms with E-state index < -0.39 is 31.3 Å². The summed E-state index contributed by atoms with van der Waals surface area (Å²) in [6, 6.07) is -1.28. The second kappa shape index (κ2) is 10.8. The first-order valence-corrected chi connectivity index (χ1v) is 10.0. The van der Waals surface area contributed by atoms with Gasteiger partial charge in [-0.2, -0.15) is 0 Å². The molecule has 3 N–H and O–H groups in total. The van der Waals surface area contributed by atoms with Crippen LogP contribution < -0.4 is 5.73 Å². The molecule has 0 rings (SSSR count). The first kappa shape index (κ1) is 23.9. The predicted molar refractivity (Wildman–Crippen MR) is 93.8 cm³/mol. The van der Waals surface area contributed by atoms with E-state index in [0.29, 0.717) is 6.42 Å². The van der Waals surface area contributed by atoms with Crippen molar-refractivity contribution < 1.29 is 33.0 Å². The molecule has 9 nitrogen and oxygen atoms in total. The minimum atomic E-state index is -3.39. The molecule has 0 spiro atoms. The molecule has 0 saturated heterocycles. The molecule has 148 valence electrons. The number of carbonyl (C=O) groups excluding carboxylic acids is 1. The quantitative estimate of drug-likeness (QED) is 0.521. The van der Waals surface area contributed by atoms with Crippen LogP contribution in [0.1, 0.15) is 41.0 Å². The standard InChI is InChI=1S/C15H31N2O7P/c1-6-9-23-25(21,22-7-2)10-8-17(11-12(16)13(18)19)14(20)24-15(3,4)5/h12H,6-11,16H2,1-5H3,(H,18,19). The average Bonchev–Trinajstić information content (AvgIpc) is 2.47. The maximum absolute atomic E-state index is 12.6. The summed E-state index contributed by atoms with van der Waals surface area (Å²) in [5.41, 5.74) is 4.76. The van der Waals surface area contributed by atoms with Gasteiger partial charge in [0.2, 0.25) is 0 Å². The summed E-state index contributed by atoms with van der Waals surface area (Å²) in [4.78, 5) is 24.4. The lowest BCUT2D eigenvalue weighted by Gasteiger charge is -2.29. The van der Waals surface area contributed by atoms with Crippen molar-refractivity contribution in [2.45, 2.75) is 52.7 Å². The van der Waals surface area contributed by atoms with Crippen molar-refractivity contribution in [1.82, 2.24) is 4.90 Å². The van der Waals surface area contributed by atoms with Crippen LogP contribution in [-0.2, 0) is 23.1 Å². The Bertz CT molecular complexity index is 479. The summed E-state index contributed by atoms with van der Waals surface area (Å²) < 4.78 is 28.4. The van der Waals surface area contributed by atoms with Crippen molar-refractivity contribution in [1.29, 1.82) is 0 Å². The Kier molecular flexibility index (Phi) is 10.3. The molecule has 0 aliphatic rings. The van der Waals surface area contributed by atoms with Crippen molar-refractivity contribution in [3.63, 3.8) is 0 Å². The molecule has 1 amide bonds. The normalized spacial score (nSPS) is 15.3. The maximum Gasteiger partial charge on any atom is 0.410 e. The number of aliphatic carboxylic acids is 1. The molecule has 10 heteroatoms. The molecule has 2 atom stereocenters. The van der Waals surface area contributed by atoms with Crippen LogP contribution in [0.25, 0.3) is 0 Å². The van der Waals surface area contributed by atoms with Crippen LogP contribution >= 0.6 is 7.60 Å². The van der Waals surface area contributed by atoms with E-state index in [4.69, 9.17) is 24.6 Å². The fourth-order valence-corrected chi connectivity index (χ4v) is 3.41. The number of amides is 1. The Morgan fingerprint density at radius 1 is 1.24 bits per heavy atom. The van der Waals surface area contributed by atoms with E-state index in [2.05, 4.69) is 0 Å². The lowest BCUT2D eigenvalue weighted by molar-refractivity contribution is -0.138.